The van der Waals surface area contributed by atoms with Crippen LogP contribution >= 0.6 is 0 Å². The Morgan fingerprint density at radius 2 is 1.95 bits per heavy atom. The number of nitrogen functional groups attached to an aromatic ring is 1. The summed E-state index contributed by atoms with van der Waals surface area (Å²) in [7, 11) is 4.85. The molecule has 0 aliphatic heterocycles. The van der Waals surface area contributed by atoms with Crippen molar-refractivity contribution in [3.05, 3.63) is 17.7 Å². The Morgan fingerprint density at radius 3 is 2.50 bits per heavy atom. The minimum absolute atomic E-state index is 0.115. The molecule has 0 saturated heterocycles. The molecule has 0 aliphatic carbocycles. The number of anilines is 1. The van der Waals surface area contributed by atoms with Crippen molar-refractivity contribution in [1.29, 1.82) is 0 Å². The topological polar surface area (TPSA) is 64.8 Å². The van der Waals surface area contributed by atoms with Gasteiger partial charge >= 0.3 is 0 Å². The van der Waals surface area contributed by atoms with Crippen LogP contribution in [0.1, 0.15) is 36.5 Å². The van der Waals surface area contributed by atoms with Gasteiger partial charge in [0, 0.05) is 19.7 Å². The number of carbonyl (C=O) groups excluding carboxylic acids is 1. The number of ether oxygens (including phenoxy) is 2. The summed E-state index contributed by atoms with van der Waals surface area (Å²) in [6.45, 7) is 2.85. The lowest BCUT2D eigenvalue weighted by Crippen LogP contribution is -2.28. The van der Waals surface area contributed by atoms with Gasteiger partial charge < -0.3 is 20.1 Å². The summed E-state index contributed by atoms with van der Waals surface area (Å²) in [5, 5.41) is 0. The van der Waals surface area contributed by atoms with Crippen molar-refractivity contribution in [2.45, 2.75) is 26.2 Å². The van der Waals surface area contributed by atoms with Gasteiger partial charge in [-0.05, 0) is 12.5 Å². The second-order valence-electron chi connectivity index (χ2n) is 4.72. The Kier molecular flexibility index (Phi) is 6.15. The fourth-order valence-electron chi connectivity index (χ4n) is 1.97. The number of carbonyl (C=O) groups is 1. The number of methoxy groups -OCH3 is 2. The van der Waals surface area contributed by atoms with Crippen molar-refractivity contribution in [2.75, 3.05) is 33.5 Å². The van der Waals surface area contributed by atoms with Crippen LogP contribution in [0.2, 0.25) is 0 Å². The molecule has 20 heavy (non-hydrogen) atoms. The van der Waals surface area contributed by atoms with Crippen molar-refractivity contribution < 1.29 is 14.3 Å². The summed E-state index contributed by atoms with van der Waals surface area (Å²) in [5.74, 6) is 0.895. The first-order valence-electron chi connectivity index (χ1n) is 6.82. The van der Waals surface area contributed by atoms with Gasteiger partial charge in [0.1, 0.15) is 11.5 Å². The molecule has 2 N–H and O–H groups in total. The second kappa shape index (κ2) is 7.62. The summed E-state index contributed by atoms with van der Waals surface area (Å²) in [6.07, 6.45) is 3.21. The van der Waals surface area contributed by atoms with Crippen molar-refractivity contribution >= 4 is 11.6 Å². The Hall–Kier alpha value is -1.91. The van der Waals surface area contributed by atoms with Gasteiger partial charge in [0.05, 0.1) is 25.5 Å². The molecule has 1 rings (SSSR count). The SMILES string of the molecule is CCCCCN(C)C(=O)c1cc(OC)cc(OC)c1N. The molecule has 1 aromatic carbocycles. The van der Waals surface area contributed by atoms with Crippen molar-refractivity contribution in [1.82, 2.24) is 4.90 Å². The van der Waals surface area contributed by atoms with Crippen LogP contribution < -0.4 is 15.2 Å². The first kappa shape index (κ1) is 16.1. The van der Waals surface area contributed by atoms with Gasteiger partial charge in [0.2, 0.25) is 0 Å². The number of nitrogens with two attached hydrogens (primary N) is 1. The van der Waals surface area contributed by atoms with Crippen LogP contribution in [0, 0.1) is 0 Å². The average Bonchev–Trinajstić information content (AvgIpc) is 2.46. The van der Waals surface area contributed by atoms with Crippen molar-refractivity contribution in [3.63, 3.8) is 0 Å². The summed E-state index contributed by atoms with van der Waals surface area (Å²) in [6, 6.07) is 3.32. The normalized spacial score (nSPS) is 10.2. The van der Waals surface area contributed by atoms with E-state index in [9.17, 15) is 4.79 Å². The first-order valence-corrected chi connectivity index (χ1v) is 6.82. The number of nitrogens with zero attached hydrogens (tertiary/aromatic N) is 1. The molecule has 112 valence electrons. The highest BCUT2D eigenvalue weighted by Crippen LogP contribution is 2.31. The van der Waals surface area contributed by atoms with Crippen molar-refractivity contribution in [2.24, 2.45) is 0 Å². The molecule has 0 heterocycles. The van der Waals surface area contributed by atoms with Crippen molar-refractivity contribution in [3.8, 4) is 11.5 Å². The standard InChI is InChI=1S/C15H24N2O3/c1-5-6-7-8-17(2)15(18)12-9-11(19-3)10-13(20-4)14(12)16/h9-10H,5-8,16H2,1-4H3. The minimum atomic E-state index is -0.115. The number of hydrogen-bond donors (Lipinski definition) is 1. The molecule has 0 bridgehead atoms. The van der Waals surface area contributed by atoms with Gasteiger partial charge in [-0.3, -0.25) is 4.79 Å². The summed E-state index contributed by atoms with van der Waals surface area (Å²) in [4.78, 5) is 14.1. The van der Waals surface area contributed by atoms with Crippen LogP contribution in [-0.2, 0) is 0 Å². The molecule has 0 saturated carbocycles. The van der Waals surface area contributed by atoms with Crippen LogP contribution in [-0.4, -0.2) is 38.6 Å². The first-order chi connectivity index (χ1) is 9.54. The lowest BCUT2D eigenvalue weighted by Gasteiger charge is -2.19. The largest absolute Gasteiger partial charge is 0.497 e. The molecule has 1 amide bonds. The van der Waals surface area contributed by atoms with E-state index < -0.39 is 0 Å². The molecular weight excluding hydrogens is 256 g/mol. The lowest BCUT2D eigenvalue weighted by molar-refractivity contribution is 0.0793. The molecule has 1 aromatic rings. The minimum Gasteiger partial charge on any atom is -0.497 e. The van der Waals surface area contributed by atoms with Crippen LogP contribution in [0.4, 0.5) is 5.69 Å². The van der Waals surface area contributed by atoms with E-state index in [4.69, 9.17) is 15.2 Å². The third-order valence-electron chi connectivity index (χ3n) is 3.25. The molecule has 0 spiro atoms. The maximum Gasteiger partial charge on any atom is 0.255 e. The molecule has 0 aromatic heterocycles. The van der Waals surface area contributed by atoms with Gasteiger partial charge in [-0.1, -0.05) is 19.8 Å². The monoisotopic (exact) mass is 280 g/mol. The van der Waals surface area contributed by atoms with E-state index in [0.29, 0.717) is 29.3 Å². The van der Waals surface area contributed by atoms with E-state index in [2.05, 4.69) is 6.92 Å². The molecule has 0 atom stereocenters. The van der Waals surface area contributed by atoms with Gasteiger partial charge in [0.25, 0.3) is 5.91 Å². The predicted octanol–water partition coefficient (Wildman–Crippen LogP) is 2.55. The Morgan fingerprint density at radius 1 is 1.25 bits per heavy atom. The van der Waals surface area contributed by atoms with E-state index in [1.807, 2.05) is 0 Å². The molecular formula is C15H24N2O3. The van der Waals surface area contributed by atoms with Crippen LogP contribution in [0.15, 0.2) is 12.1 Å². The molecule has 0 fully saturated rings. The molecule has 0 radical (unpaired) electrons. The quantitative estimate of drug-likeness (QED) is 0.616. The Bertz CT molecular complexity index is 461. The number of hydrogen-bond acceptors (Lipinski definition) is 4. The summed E-state index contributed by atoms with van der Waals surface area (Å²) in [5.41, 5.74) is 6.75. The van der Waals surface area contributed by atoms with Gasteiger partial charge in [-0.2, -0.15) is 0 Å². The summed E-state index contributed by atoms with van der Waals surface area (Å²) < 4.78 is 10.4. The smallest absolute Gasteiger partial charge is 0.255 e. The highest BCUT2D eigenvalue weighted by molar-refractivity contribution is 6.00. The molecule has 0 unspecified atom stereocenters. The highest BCUT2D eigenvalue weighted by atomic mass is 16.5. The zero-order valence-electron chi connectivity index (χ0n) is 12.7. The summed E-state index contributed by atoms with van der Waals surface area (Å²) >= 11 is 0. The fraction of sp³-hybridized carbons (Fsp3) is 0.533. The van der Waals surface area contributed by atoms with E-state index in [0.717, 1.165) is 19.3 Å². The number of rotatable bonds is 7. The maximum absolute atomic E-state index is 12.4. The third kappa shape index (κ3) is 3.79. The lowest BCUT2D eigenvalue weighted by atomic mass is 10.1. The van der Waals surface area contributed by atoms with Gasteiger partial charge in [-0.15, -0.1) is 0 Å². The van der Waals surface area contributed by atoms with Crippen LogP contribution in [0.5, 0.6) is 11.5 Å². The second-order valence-corrected chi connectivity index (χ2v) is 4.72. The zero-order valence-corrected chi connectivity index (χ0v) is 12.7. The van der Waals surface area contributed by atoms with Crippen LogP contribution in [0.25, 0.3) is 0 Å². The molecule has 0 aliphatic rings. The predicted molar refractivity (Wildman–Crippen MR) is 80.4 cm³/mol. The highest BCUT2D eigenvalue weighted by Gasteiger charge is 2.18. The average molecular weight is 280 g/mol. The molecule has 5 heteroatoms. The van der Waals surface area contributed by atoms with E-state index >= 15 is 0 Å². The van der Waals surface area contributed by atoms with E-state index in [1.54, 1.807) is 31.2 Å². The number of benzene rings is 1. The Labute approximate surface area is 120 Å². The molecule has 5 nitrogen and oxygen atoms in total. The third-order valence-corrected chi connectivity index (χ3v) is 3.25. The number of amides is 1. The fourth-order valence-corrected chi connectivity index (χ4v) is 1.97. The number of unbranched alkanes of at least 4 members (excludes halogenated alkanes) is 2. The van der Waals surface area contributed by atoms with E-state index in [1.165, 1.54) is 7.11 Å². The van der Waals surface area contributed by atoms with E-state index in [-0.39, 0.29) is 5.91 Å². The van der Waals surface area contributed by atoms with Gasteiger partial charge in [-0.25, -0.2) is 0 Å². The Balaban J connectivity index is 2.96. The van der Waals surface area contributed by atoms with Crippen LogP contribution in [0.3, 0.4) is 0 Å². The van der Waals surface area contributed by atoms with Gasteiger partial charge in [0.15, 0.2) is 0 Å². The zero-order chi connectivity index (χ0) is 15.1. The maximum atomic E-state index is 12.4.